The topological polar surface area (TPSA) is 95.9 Å². The highest BCUT2D eigenvalue weighted by atomic mass is 32.2. The zero-order valence-corrected chi connectivity index (χ0v) is 25.3. The van der Waals surface area contributed by atoms with Gasteiger partial charge in [-0.1, -0.05) is 50.2 Å². The summed E-state index contributed by atoms with van der Waals surface area (Å²) < 4.78 is 50.2. The number of amides is 1. The van der Waals surface area contributed by atoms with Crippen molar-refractivity contribution >= 4 is 38.5 Å². The third kappa shape index (κ3) is 5.77. The molecule has 0 aliphatic carbocycles. The fraction of sp³-hybridized carbons (Fsp3) is 0.242. The van der Waals surface area contributed by atoms with Gasteiger partial charge in [-0.05, 0) is 64.1 Å². The fourth-order valence-electron chi connectivity index (χ4n) is 5.88. The van der Waals surface area contributed by atoms with E-state index in [0.29, 0.717) is 17.7 Å². The molecule has 10 heteroatoms. The van der Waals surface area contributed by atoms with Crippen LogP contribution in [0.15, 0.2) is 94.2 Å². The Balaban J connectivity index is 1.54. The number of carbonyl (C=O) groups excluding carboxylic acids is 1. The third-order valence-corrected chi connectivity index (χ3v) is 10.7. The van der Waals surface area contributed by atoms with Crippen molar-refractivity contribution in [2.75, 3.05) is 16.0 Å². The molecule has 0 fully saturated rings. The number of ether oxygens (including phenoxy) is 1. The number of benzene rings is 3. The average Bonchev–Trinajstić information content (AvgIpc) is 3.41. The SMILES string of the molecule is CC1(C)CC2=C([C@H](c3ccc(OCc4ccsc4)cc3F)N(C(=O)Cc3ccccc3)c3cccc(O)c3N2)S(=O)(=O)C1. The van der Waals surface area contributed by atoms with Crippen molar-refractivity contribution in [2.45, 2.75) is 39.3 Å². The fourth-order valence-corrected chi connectivity index (χ4v) is 8.89. The number of thiophene rings is 1. The maximum atomic E-state index is 16.2. The lowest BCUT2D eigenvalue weighted by Crippen LogP contribution is -2.42. The maximum Gasteiger partial charge on any atom is 0.232 e. The van der Waals surface area contributed by atoms with Crippen molar-refractivity contribution < 1.29 is 27.4 Å². The summed E-state index contributed by atoms with van der Waals surface area (Å²) in [7, 11) is -4.00. The van der Waals surface area contributed by atoms with Crippen LogP contribution in [-0.4, -0.2) is 25.2 Å². The molecule has 0 unspecified atom stereocenters. The predicted molar refractivity (Wildman–Crippen MR) is 166 cm³/mol. The van der Waals surface area contributed by atoms with Gasteiger partial charge in [0.25, 0.3) is 0 Å². The van der Waals surface area contributed by atoms with E-state index in [2.05, 4.69) is 5.32 Å². The summed E-state index contributed by atoms with van der Waals surface area (Å²) in [5.41, 5.74) is 1.82. The number of hydrogen-bond donors (Lipinski definition) is 2. The quantitative estimate of drug-likeness (QED) is 0.227. The normalized spacial score (nSPS) is 18.7. The lowest BCUT2D eigenvalue weighted by molar-refractivity contribution is -0.118. The van der Waals surface area contributed by atoms with Crippen LogP contribution in [0.4, 0.5) is 15.8 Å². The van der Waals surface area contributed by atoms with Gasteiger partial charge in [-0.3, -0.25) is 9.69 Å². The Morgan fingerprint density at radius 1 is 1.09 bits per heavy atom. The number of carbonyl (C=O) groups is 1. The van der Waals surface area contributed by atoms with Crippen LogP contribution < -0.4 is 15.0 Å². The average molecular weight is 619 g/mol. The van der Waals surface area contributed by atoms with Crippen LogP contribution in [0.1, 0.15) is 43.0 Å². The van der Waals surface area contributed by atoms with Crippen LogP contribution in [0.2, 0.25) is 0 Å². The van der Waals surface area contributed by atoms with E-state index in [1.165, 1.54) is 34.4 Å². The highest BCUT2D eigenvalue weighted by Crippen LogP contribution is 2.51. The van der Waals surface area contributed by atoms with Crippen molar-refractivity contribution in [3.63, 3.8) is 0 Å². The summed E-state index contributed by atoms with van der Waals surface area (Å²) in [4.78, 5) is 15.5. The van der Waals surface area contributed by atoms with Crippen LogP contribution in [0.25, 0.3) is 0 Å². The Bertz CT molecular complexity index is 1820. The van der Waals surface area contributed by atoms with Crippen LogP contribution >= 0.6 is 11.3 Å². The molecule has 222 valence electrons. The minimum Gasteiger partial charge on any atom is -0.506 e. The lowest BCUT2D eigenvalue weighted by Gasteiger charge is -2.37. The number of aromatic hydroxyl groups is 1. The highest BCUT2D eigenvalue weighted by molar-refractivity contribution is 7.95. The summed E-state index contributed by atoms with van der Waals surface area (Å²) in [6.07, 6.45) is 0.250. The molecule has 2 aliphatic heterocycles. The van der Waals surface area contributed by atoms with Gasteiger partial charge < -0.3 is 15.2 Å². The van der Waals surface area contributed by atoms with Gasteiger partial charge in [0, 0.05) is 17.3 Å². The van der Waals surface area contributed by atoms with E-state index in [-0.39, 0.29) is 52.1 Å². The Morgan fingerprint density at radius 2 is 1.88 bits per heavy atom. The molecule has 0 spiro atoms. The molecule has 3 heterocycles. The molecule has 2 aliphatic rings. The first-order chi connectivity index (χ1) is 20.5. The van der Waals surface area contributed by atoms with Gasteiger partial charge in [0.15, 0.2) is 9.84 Å². The van der Waals surface area contributed by atoms with E-state index in [0.717, 1.165) is 5.56 Å². The summed E-state index contributed by atoms with van der Waals surface area (Å²) in [5, 5.41) is 18.0. The molecule has 0 saturated carbocycles. The molecule has 0 radical (unpaired) electrons. The number of phenols is 1. The largest absolute Gasteiger partial charge is 0.506 e. The second kappa shape index (κ2) is 11.2. The number of hydrogen-bond acceptors (Lipinski definition) is 7. The van der Waals surface area contributed by atoms with Crippen LogP contribution in [0, 0.1) is 11.2 Å². The number of nitrogens with zero attached hydrogens (tertiary/aromatic N) is 1. The van der Waals surface area contributed by atoms with E-state index in [1.54, 1.807) is 30.3 Å². The predicted octanol–water partition coefficient (Wildman–Crippen LogP) is 6.97. The minimum absolute atomic E-state index is 0.0121. The van der Waals surface area contributed by atoms with Gasteiger partial charge in [-0.15, -0.1) is 0 Å². The van der Waals surface area contributed by atoms with Crippen molar-refractivity contribution in [1.82, 2.24) is 0 Å². The second-order valence-corrected chi connectivity index (χ2v) is 14.4. The van der Waals surface area contributed by atoms with Crippen molar-refractivity contribution in [3.05, 3.63) is 117 Å². The first-order valence-electron chi connectivity index (χ1n) is 13.9. The first-order valence-corrected chi connectivity index (χ1v) is 16.5. The molecule has 2 N–H and O–H groups in total. The zero-order chi connectivity index (χ0) is 30.4. The van der Waals surface area contributed by atoms with Gasteiger partial charge in [-0.25, -0.2) is 12.8 Å². The number of fused-ring (bicyclic) bond motifs is 1. The molecular formula is C33H31FN2O5S2. The summed E-state index contributed by atoms with van der Waals surface area (Å²) in [6, 6.07) is 18.6. The molecule has 6 rings (SSSR count). The number of anilines is 2. The molecule has 7 nitrogen and oxygen atoms in total. The Labute approximate surface area is 254 Å². The highest BCUT2D eigenvalue weighted by Gasteiger charge is 2.47. The smallest absolute Gasteiger partial charge is 0.232 e. The first kappa shape index (κ1) is 28.9. The molecule has 1 amide bonds. The number of sulfone groups is 1. The monoisotopic (exact) mass is 618 g/mol. The van der Waals surface area contributed by atoms with Gasteiger partial charge in [0.1, 0.15) is 35.7 Å². The minimum atomic E-state index is -4.00. The number of phenolic OH excluding ortho intramolecular Hbond substituents is 1. The van der Waals surface area contributed by atoms with Crippen LogP contribution in [0.5, 0.6) is 11.5 Å². The standard InChI is InChI=1S/C33H31FN2O5S2/c1-33(2)17-26-32(43(39,40)20-33)31(24-12-11-23(16-25(24)34)41-18-22-13-14-42-19-22)36(27-9-6-10-28(37)30(27)35-26)29(38)15-21-7-4-3-5-8-21/h3-14,16,19,31,35,37H,15,17-18,20H2,1-2H3/t31-/m0/s1. The number of halogens is 1. The van der Waals surface area contributed by atoms with Gasteiger partial charge in [0.2, 0.25) is 5.91 Å². The van der Waals surface area contributed by atoms with E-state index >= 15 is 4.39 Å². The van der Waals surface area contributed by atoms with Crippen LogP contribution in [0.3, 0.4) is 0 Å². The van der Waals surface area contributed by atoms with Gasteiger partial charge in [-0.2, -0.15) is 11.3 Å². The molecular weight excluding hydrogens is 588 g/mol. The number of nitrogens with one attached hydrogen (secondary N) is 1. The Hall–Kier alpha value is -4.15. The molecule has 1 aromatic heterocycles. The van der Waals surface area contributed by atoms with E-state index in [1.807, 2.05) is 48.9 Å². The molecule has 0 bridgehead atoms. The number of rotatable bonds is 6. The summed E-state index contributed by atoms with van der Waals surface area (Å²) >= 11 is 1.53. The molecule has 3 aromatic carbocycles. The molecule has 0 saturated heterocycles. The van der Waals surface area contributed by atoms with Crippen molar-refractivity contribution in [2.24, 2.45) is 5.41 Å². The summed E-state index contributed by atoms with van der Waals surface area (Å²) in [5.74, 6) is -1.21. The molecule has 43 heavy (non-hydrogen) atoms. The third-order valence-electron chi connectivity index (χ3n) is 7.65. The molecule has 4 aromatic rings. The Kier molecular flexibility index (Phi) is 7.52. The van der Waals surface area contributed by atoms with Crippen molar-refractivity contribution in [3.8, 4) is 11.5 Å². The number of para-hydroxylation sites is 1. The van der Waals surface area contributed by atoms with Crippen LogP contribution in [-0.2, 0) is 27.7 Å². The van der Waals surface area contributed by atoms with Gasteiger partial charge in [0.05, 0.1) is 22.8 Å². The van der Waals surface area contributed by atoms with E-state index < -0.39 is 33.0 Å². The zero-order valence-electron chi connectivity index (χ0n) is 23.7. The van der Waals surface area contributed by atoms with E-state index in [9.17, 15) is 18.3 Å². The van der Waals surface area contributed by atoms with Gasteiger partial charge >= 0.3 is 0 Å². The second-order valence-electron chi connectivity index (χ2n) is 11.7. The lowest BCUT2D eigenvalue weighted by atomic mass is 9.88. The summed E-state index contributed by atoms with van der Waals surface area (Å²) in [6.45, 7) is 3.95. The van der Waals surface area contributed by atoms with E-state index in [4.69, 9.17) is 4.74 Å². The maximum absolute atomic E-state index is 16.2. The Morgan fingerprint density at radius 3 is 2.60 bits per heavy atom. The molecule has 1 atom stereocenters. The number of allylic oxidation sites excluding steroid dienone is 1. The van der Waals surface area contributed by atoms with Crippen molar-refractivity contribution in [1.29, 1.82) is 0 Å².